The van der Waals surface area contributed by atoms with Gasteiger partial charge in [-0.3, -0.25) is 0 Å². The molecule has 1 aromatic heterocycles. The van der Waals surface area contributed by atoms with Gasteiger partial charge in [0.1, 0.15) is 4.88 Å². The van der Waals surface area contributed by atoms with E-state index in [4.69, 9.17) is 10.2 Å². The van der Waals surface area contributed by atoms with Crippen LogP contribution in [0.15, 0.2) is 11.4 Å². The third-order valence-electron chi connectivity index (χ3n) is 2.58. The van der Waals surface area contributed by atoms with Crippen molar-refractivity contribution >= 4 is 17.3 Å². The van der Waals surface area contributed by atoms with Crippen molar-refractivity contribution in [2.24, 2.45) is 0 Å². The molecular weight excluding hydrogens is 238 g/mol. The van der Waals surface area contributed by atoms with E-state index in [1.165, 1.54) is 11.3 Å². The van der Waals surface area contributed by atoms with Gasteiger partial charge < -0.3 is 15.1 Å². The van der Waals surface area contributed by atoms with Gasteiger partial charge in [0.15, 0.2) is 0 Å². The maximum Gasteiger partial charge on any atom is 0.346 e. The molecule has 0 radical (unpaired) electrons. The number of carboxylic acids is 1. The third-order valence-corrected chi connectivity index (χ3v) is 3.52. The molecule has 0 fully saturated rings. The quantitative estimate of drug-likeness (QED) is 0.700. The second-order valence-electron chi connectivity index (χ2n) is 4.10. The summed E-state index contributed by atoms with van der Waals surface area (Å²) in [5, 5.41) is 19.5. The third kappa shape index (κ3) is 4.85. The minimum Gasteiger partial charge on any atom is -0.477 e. The van der Waals surface area contributed by atoms with E-state index in [-0.39, 0.29) is 6.61 Å². The van der Waals surface area contributed by atoms with Crippen LogP contribution in [0.2, 0.25) is 0 Å². The van der Waals surface area contributed by atoms with Gasteiger partial charge in [0.05, 0.1) is 0 Å². The zero-order valence-electron chi connectivity index (χ0n) is 10.1. The van der Waals surface area contributed by atoms with Gasteiger partial charge in [0.2, 0.25) is 0 Å². The summed E-state index contributed by atoms with van der Waals surface area (Å²) in [5.74, 6) is -0.844. The zero-order valence-corrected chi connectivity index (χ0v) is 10.9. The van der Waals surface area contributed by atoms with Gasteiger partial charge in [-0.15, -0.1) is 11.3 Å². The lowest BCUT2D eigenvalue weighted by Crippen LogP contribution is -2.20. The van der Waals surface area contributed by atoms with Crippen LogP contribution >= 0.6 is 11.3 Å². The number of aromatic carboxylic acids is 1. The number of hydrogen-bond donors (Lipinski definition) is 2. The van der Waals surface area contributed by atoms with Crippen LogP contribution < -0.4 is 0 Å². The minimum absolute atomic E-state index is 0.247. The second-order valence-corrected chi connectivity index (χ2v) is 5.02. The highest BCUT2D eigenvalue weighted by Crippen LogP contribution is 2.18. The first-order valence-electron chi connectivity index (χ1n) is 5.74. The van der Waals surface area contributed by atoms with Gasteiger partial charge in [0.25, 0.3) is 0 Å². The van der Waals surface area contributed by atoms with Crippen LogP contribution in [-0.4, -0.2) is 41.3 Å². The molecule has 1 aromatic rings. The first kappa shape index (κ1) is 14.2. The molecule has 1 rings (SSSR count). The number of carbonyl (C=O) groups is 1. The summed E-state index contributed by atoms with van der Waals surface area (Å²) < 4.78 is 0. The highest BCUT2D eigenvalue weighted by atomic mass is 32.1. The lowest BCUT2D eigenvalue weighted by molar-refractivity contribution is 0.0700. The van der Waals surface area contributed by atoms with Gasteiger partial charge in [-0.25, -0.2) is 4.79 Å². The van der Waals surface area contributed by atoms with Crippen molar-refractivity contribution in [1.29, 1.82) is 0 Å². The molecule has 96 valence electrons. The van der Waals surface area contributed by atoms with Crippen LogP contribution in [-0.2, 0) is 6.54 Å². The number of rotatable bonds is 8. The average molecular weight is 257 g/mol. The highest BCUT2D eigenvalue weighted by Gasteiger charge is 2.12. The van der Waals surface area contributed by atoms with Gasteiger partial charge in [0, 0.05) is 13.2 Å². The predicted octanol–water partition coefficient (Wildman–Crippen LogP) is 2.04. The average Bonchev–Trinajstić information content (AvgIpc) is 2.72. The Morgan fingerprint density at radius 3 is 2.82 bits per heavy atom. The van der Waals surface area contributed by atoms with Crippen molar-refractivity contribution in [2.75, 3.05) is 20.2 Å². The van der Waals surface area contributed by atoms with Crippen LogP contribution in [0, 0.1) is 0 Å². The first-order valence-corrected chi connectivity index (χ1v) is 6.62. The van der Waals surface area contributed by atoms with Crippen LogP contribution in [0.3, 0.4) is 0 Å². The monoisotopic (exact) mass is 257 g/mol. The highest BCUT2D eigenvalue weighted by molar-refractivity contribution is 7.12. The maximum atomic E-state index is 10.9. The molecule has 17 heavy (non-hydrogen) atoms. The Balaban J connectivity index is 2.37. The van der Waals surface area contributed by atoms with E-state index in [0.29, 0.717) is 11.4 Å². The fraction of sp³-hybridized carbons (Fsp3) is 0.583. The number of nitrogens with zero attached hydrogens (tertiary/aromatic N) is 1. The molecule has 0 atom stereocenters. The Bertz CT molecular complexity index is 351. The molecule has 4 nitrogen and oxygen atoms in total. The molecule has 0 unspecified atom stereocenters. The van der Waals surface area contributed by atoms with Crippen molar-refractivity contribution in [2.45, 2.75) is 25.8 Å². The molecule has 0 spiro atoms. The van der Waals surface area contributed by atoms with Crippen LogP contribution in [0.4, 0.5) is 0 Å². The molecule has 0 bridgehead atoms. The predicted molar refractivity (Wildman–Crippen MR) is 68.5 cm³/mol. The van der Waals surface area contributed by atoms with E-state index in [1.54, 1.807) is 0 Å². The Morgan fingerprint density at radius 1 is 1.41 bits per heavy atom. The smallest absolute Gasteiger partial charge is 0.346 e. The van der Waals surface area contributed by atoms with Crippen LogP contribution in [0.5, 0.6) is 0 Å². The first-order chi connectivity index (χ1) is 8.15. The molecule has 0 saturated carbocycles. The summed E-state index contributed by atoms with van der Waals surface area (Å²) in [7, 11) is 1.99. The number of unbranched alkanes of at least 4 members (excludes halogenated alkanes) is 2. The number of thiophene rings is 1. The van der Waals surface area contributed by atoms with E-state index in [0.717, 1.165) is 31.4 Å². The Hall–Kier alpha value is -0.910. The molecule has 0 amide bonds. The minimum atomic E-state index is -0.844. The van der Waals surface area contributed by atoms with Crippen LogP contribution in [0.25, 0.3) is 0 Å². The second kappa shape index (κ2) is 7.42. The number of hydrogen-bond acceptors (Lipinski definition) is 4. The fourth-order valence-corrected chi connectivity index (χ4v) is 2.44. The van der Waals surface area contributed by atoms with E-state index >= 15 is 0 Å². The molecule has 0 aromatic carbocycles. The topological polar surface area (TPSA) is 60.8 Å². The van der Waals surface area contributed by atoms with Crippen LogP contribution in [0.1, 0.15) is 34.5 Å². The van der Waals surface area contributed by atoms with E-state index in [9.17, 15) is 4.79 Å². The fourth-order valence-electron chi connectivity index (χ4n) is 1.69. The molecule has 1 heterocycles. The lowest BCUT2D eigenvalue weighted by atomic mass is 10.2. The molecule has 0 aliphatic heterocycles. The summed E-state index contributed by atoms with van der Waals surface area (Å²) in [6.45, 7) is 1.84. The standard InChI is InChI=1S/C12H19NO3S/c1-13(6-3-2-4-7-14)9-10-5-8-17-11(10)12(15)16/h5,8,14H,2-4,6-7,9H2,1H3,(H,15,16). The molecular formula is C12H19NO3S. The number of carboxylic acid groups (broad SMARTS) is 1. The van der Waals surface area contributed by atoms with Gasteiger partial charge in [-0.2, -0.15) is 0 Å². The summed E-state index contributed by atoms with van der Waals surface area (Å²) in [4.78, 5) is 13.5. The van der Waals surface area contributed by atoms with Gasteiger partial charge in [-0.1, -0.05) is 0 Å². The van der Waals surface area contributed by atoms with Crippen molar-refractivity contribution in [3.63, 3.8) is 0 Å². The van der Waals surface area contributed by atoms with E-state index in [2.05, 4.69) is 4.90 Å². The summed E-state index contributed by atoms with van der Waals surface area (Å²) in [6, 6.07) is 1.87. The number of aliphatic hydroxyl groups excluding tert-OH is 1. The van der Waals surface area contributed by atoms with Crippen molar-refractivity contribution in [1.82, 2.24) is 4.90 Å². The SMILES string of the molecule is CN(CCCCCO)Cc1ccsc1C(=O)O. The Kier molecular flexibility index (Phi) is 6.18. The molecule has 5 heteroatoms. The van der Waals surface area contributed by atoms with Gasteiger partial charge in [-0.05, 0) is 49.9 Å². The lowest BCUT2D eigenvalue weighted by Gasteiger charge is -2.16. The number of aliphatic hydroxyl groups is 1. The Morgan fingerprint density at radius 2 is 2.18 bits per heavy atom. The molecule has 0 aliphatic rings. The summed E-state index contributed by atoms with van der Waals surface area (Å²) in [6.07, 6.45) is 2.88. The summed E-state index contributed by atoms with van der Waals surface area (Å²) in [5.41, 5.74) is 0.882. The Labute approximate surface area is 106 Å². The maximum absolute atomic E-state index is 10.9. The zero-order chi connectivity index (χ0) is 12.7. The van der Waals surface area contributed by atoms with Gasteiger partial charge >= 0.3 is 5.97 Å². The van der Waals surface area contributed by atoms with E-state index in [1.807, 2.05) is 18.5 Å². The van der Waals surface area contributed by atoms with Crippen molar-refractivity contribution in [3.8, 4) is 0 Å². The largest absolute Gasteiger partial charge is 0.477 e. The normalized spacial score (nSPS) is 11.0. The molecule has 0 saturated heterocycles. The van der Waals surface area contributed by atoms with Crippen molar-refractivity contribution < 1.29 is 15.0 Å². The summed E-state index contributed by atoms with van der Waals surface area (Å²) >= 11 is 1.27. The molecule has 2 N–H and O–H groups in total. The van der Waals surface area contributed by atoms with E-state index < -0.39 is 5.97 Å². The molecule has 0 aliphatic carbocycles. The van der Waals surface area contributed by atoms with Crippen molar-refractivity contribution in [3.05, 3.63) is 21.9 Å².